The van der Waals surface area contributed by atoms with E-state index in [1.807, 2.05) is 0 Å². The molecule has 13 heavy (non-hydrogen) atoms. The Balaban J connectivity index is 0.000000132. The van der Waals surface area contributed by atoms with Gasteiger partial charge in [-0.15, -0.1) is 0 Å². The number of nitrogens with one attached hydrogen (secondary N) is 1. The molecule has 0 aliphatic heterocycles. The van der Waals surface area contributed by atoms with Crippen molar-refractivity contribution in [2.45, 2.75) is 0 Å². The second kappa shape index (κ2) is 4.70. The fraction of sp³-hybridized carbons (Fsp3) is 0. The Hall–Kier alpha value is -2.11. The van der Waals surface area contributed by atoms with E-state index < -0.39 is 0 Å². The van der Waals surface area contributed by atoms with Gasteiger partial charge < -0.3 is 11.5 Å². The third-order valence-electron chi connectivity index (χ3n) is 1.11. The van der Waals surface area contributed by atoms with Crippen LogP contribution in [-0.4, -0.2) is 20.2 Å². The Labute approximate surface area is 75.0 Å². The molecule has 0 aliphatic rings. The summed E-state index contributed by atoms with van der Waals surface area (Å²) in [4.78, 5) is 7.39. The van der Waals surface area contributed by atoms with Crippen molar-refractivity contribution in [2.75, 3.05) is 11.5 Å². The summed E-state index contributed by atoms with van der Waals surface area (Å²) in [6.45, 7) is 0. The number of aromatic amines is 1. The smallest absolute Gasteiger partial charge is 0.141 e. The number of nitrogen functional groups attached to an aromatic ring is 2. The number of hydrogen-bond donors (Lipinski definition) is 3. The van der Waals surface area contributed by atoms with Gasteiger partial charge in [-0.1, -0.05) is 0 Å². The minimum Gasteiger partial charge on any atom is -0.384 e. The fourth-order valence-corrected chi connectivity index (χ4v) is 0.577. The van der Waals surface area contributed by atoms with Gasteiger partial charge in [0.2, 0.25) is 0 Å². The van der Waals surface area contributed by atoms with Crippen molar-refractivity contribution in [3.8, 4) is 0 Å². The molecule has 0 bridgehead atoms. The number of anilines is 2. The third-order valence-corrected chi connectivity index (χ3v) is 1.11. The molecule has 2 heterocycles. The summed E-state index contributed by atoms with van der Waals surface area (Å²) in [5.74, 6) is 1.07. The van der Waals surface area contributed by atoms with Crippen LogP contribution in [0.5, 0.6) is 0 Å². The van der Waals surface area contributed by atoms with E-state index in [4.69, 9.17) is 11.5 Å². The lowest BCUT2D eigenvalue weighted by Crippen LogP contribution is -1.87. The molecule has 0 aliphatic carbocycles. The van der Waals surface area contributed by atoms with Gasteiger partial charge in [-0.3, -0.25) is 10.1 Å². The predicted molar refractivity (Wildman–Crippen MR) is 49.4 cm³/mol. The van der Waals surface area contributed by atoms with Gasteiger partial charge in [-0.05, 0) is 6.07 Å². The average Bonchev–Trinajstić information content (AvgIpc) is 2.58. The number of hydrogen-bond acceptors (Lipinski definition) is 5. The van der Waals surface area contributed by atoms with Crippen LogP contribution >= 0.6 is 0 Å². The molecule has 5 N–H and O–H groups in total. The van der Waals surface area contributed by atoms with E-state index in [0.717, 1.165) is 0 Å². The molecule has 2 aromatic heterocycles. The molecule has 6 nitrogen and oxygen atoms in total. The van der Waals surface area contributed by atoms with Gasteiger partial charge >= 0.3 is 0 Å². The zero-order valence-electron chi connectivity index (χ0n) is 6.88. The SMILES string of the molecule is Nc1ccn[nH]1.Nc1cnccn1. The van der Waals surface area contributed by atoms with E-state index in [1.165, 1.54) is 6.20 Å². The standard InChI is InChI=1S/C4H5N3.C3H5N3/c5-4-3-6-1-2-7-4;4-3-1-2-5-6-3/h1-3H,(H2,5,7);1-2H,(H3,4,5,6). The van der Waals surface area contributed by atoms with Crippen LogP contribution in [0.3, 0.4) is 0 Å². The van der Waals surface area contributed by atoms with Crippen LogP contribution < -0.4 is 11.5 Å². The summed E-state index contributed by atoms with van der Waals surface area (Å²) < 4.78 is 0. The van der Waals surface area contributed by atoms with Crippen molar-refractivity contribution in [3.63, 3.8) is 0 Å². The van der Waals surface area contributed by atoms with E-state index in [9.17, 15) is 0 Å². The molecule has 0 saturated carbocycles. The van der Waals surface area contributed by atoms with Gasteiger partial charge in [0.25, 0.3) is 0 Å². The topological polar surface area (TPSA) is 106 Å². The molecule has 2 aromatic rings. The quantitative estimate of drug-likeness (QED) is 0.528. The zero-order chi connectivity index (χ0) is 9.52. The summed E-state index contributed by atoms with van der Waals surface area (Å²) in [5, 5.41) is 6.10. The minimum absolute atomic E-state index is 0.461. The van der Waals surface area contributed by atoms with E-state index in [0.29, 0.717) is 11.6 Å². The van der Waals surface area contributed by atoms with Crippen molar-refractivity contribution < 1.29 is 0 Å². The lowest BCUT2D eigenvalue weighted by molar-refractivity contribution is 1.10. The van der Waals surface area contributed by atoms with Crippen LogP contribution in [0.2, 0.25) is 0 Å². The van der Waals surface area contributed by atoms with Crippen LogP contribution in [0.25, 0.3) is 0 Å². The molecule has 0 unspecified atom stereocenters. The Morgan fingerprint density at radius 2 is 2.00 bits per heavy atom. The van der Waals surface area contributed by atoms with Crippen LogP contribution in [0.1, 0.15) is 0 Å². The van der Waals surface area contributed by atoms with Crippen molar-refractivity contribution in [3.05, 3.63) is 30.9 Å². The number of H-pyrrole nitrogens is 1. The first-order chi connectivity index (χ1) is 6.29. The Morgan fingerprint density at radius 1 is 1.15 bits per heavy atom. The molecule has 0 aromatic carbocycles. The highest BCUT2D eigenvalue weighted by molar-refractivity contribution is 5.22. The van der Waals surface area contributed by atoms with Crippen molar-refractivity contribution in [1.29, 1.82) is 0 Å². The van der Waals surface area contributed by atoms with Gasteiger partial charge in [0, 0.05) is 12.4 Å². The minimum atomic E-state index is 0.461. The zero-order valence-corrected chi connectivity index (χ0v) is 6.88. The van der Waals surface area contributed by atoms with Gasteiger partial charge in [0.05, 0.1) is 12.4 Å². The van der Waals surface area contributed by atoms with Crippen molar-refractivity contribution in [1.82, 2.24) is 20.2 Å². The van der Waals surface area contributed by atoms with Crippen LogP contribution in [0, 0.1) is 0 Å². The first kappa shape index (κ1) is 8.98. The largest absolute Gasteiger partial charge is 0.384 e. The predicted octanol–water partition coefficient (Wildman–Crippen LogP) is 0.0507. The maximum Gasteiger partial charge on any atom is 0.141 e. The molecule has 6 heteroatoms. The number of rotatable bonds is 0. The number of aromatic nitrogens is 4. The monoisotopic (exact) mass is 178 g/mol. The van der Waals surface area contributed by atoms with E-state index in [2.05, 4.69) is 20.2 Å². The molecule has 0 fully saturated rings. The Morgan fingerprint density at radius 3 is 2.23 bits per heavy atom. The molecule has 0 spiro atoms. The van der Waals surface area contributed by atoms with E-state index >= 15 is 0 Å². The highest BCUT2D eigenvalue weighted by atomic mass is 15.1. The lowest BCUT2D eigenvalue weighted by atomic mass is 10.7. The average molecular weight is 178 g/mol. The summed E-state index contributed by atoms with van der Waals surface area (Å²) in [5.41, 5.74) is 10.3. The van der Waals surface area contributed by atoms with Gasteiger partial charge in [-0.2, -0.15) is 5.10 Å². The normalized spacial score (nSPS) is 8.62. The van der Waals surface area contributed by atoms with Crippen molar-refractivity contribution >= 4 is 11.6 Å². The van der Waals surface area contributed by atoms with Gasteiger partial charge in [0.15, 0.2) is 0 Å². The maximum absolute atomic E-state index is 5.18. The van der Waals surface area contributed by atoms with Gasteiger partial charge in [-0.25, -0.2) is 4.98 Å². The first-order valence-corrected chi connectivity index (χ1v) is 3.55. The molecule has 0 atom stereocenters. The van der Waals surface area contributed by atoms with Crippen LogP contribution in [0.15, 0.2) is 30.9 Å². The highest BCUT2D eigenvalue weighted by Crippen LogP contribution is 1.86. The summed E-state index contributed by atoms with van der Waals surface area (Å²) in [7, 11) is 0. The number of nitrogens with two attached hydrogens (primary N) is 2. The summed E-state index contributed by atoms with van der Waals surface area (Å²) >= 11 is 0. The van der Waals surface area contributed by atoms with Crippen LogP contribution in [0.4, 0.5) is 11.6 Å². The molecular weight excluding hydrogens is 168 g/mol. The van der Waals surface area contributed by atoms with E-state index in [-0.39, 0.29) is 0 Å². The molecule has 0 amide bonds. The van der Waals surface area contributed by atoms with Crippen molar-refractivity contribution in [2.24, 2.45) is 0 Å². The maximum atomic E-state index is 5.18. The first-order valence-electron chi connectivity index (χ1n) is 3.55. The Kier molecular flexibility index (Phi) is 3.25. The second-order valence-electron chi connectivity index (χ2n) is 2.14. The fourth-order valence-electron chi connectivity index (χ4n) is 0.577. The molecular formula is C7H10N6. The Bertz CT molecular complexity index is 316. The summed E-state index contributed by atoms with van der Waals surface area (Å²) in [6.07, 6.45) is 6.24. The van der Waals surface area contributed by atoms with E-state index in [1.54, 1.807) is 24.7 Å². The number of nitrogens with zero attached hydrogens (tertiary/aromatic N) is 3. The second-order valence-corrected chi connectivity index (χ2v) is 2.14. The van der Waals surface area contributed by atoms with Gasteiger partial charge in [0.1, 0.15) is 11.6 Å². The van der Waals surface area contributed by atoms with Crippen LogP contribution in [-0.2, 0) is 0 Å². The lowest BCUT2D eigenvalue weighted by Gasteiger charge is -1.82. The summed E-state index contributed by atoms with van der Waals surface area (Å²) in [6, 6.07) is 1.69. The highest BCUT2D eigenvalue weighted by Gasteiger charge is 1.75. The molecule has 68 valence electrons. The third kappa shape index (κ3) is 3.71. The molecule has 0 saturated heterocycles. The molecule has 0 radical (unpaired) electrons. The molecule has 2 rings (SSSR count).